The highest BCUT2D eigenvalue weighted by Gasteiger charge is 2.24. The SMILES string of the molecule is CCOC(=O)c1c(-c2ccc(Cl)cc2)csc1NC(=O)C(C#N)=Cc1ccc(-c2cccc(Cl)c2)o1. The number of anilines is 1. The van der Waals surface area contributed by atoms with Gasteiger partial charge in [-0.05, 0) is 48.9 Å². The van der Waals surface area contributed by atoms with Crippen LogP contribution in [0.4, 0.5) is 5.00 Å². The lowest BCUT2D eigenvalue weighted by molar-refractivity contribution is -0.112. The number of thiophene rings is 1. The predicted molar refractivity (Wildman–Crippen MR) is 142 cm³/mol. The number of nitrogens with one attached hydrogen (secondary N) is 1. The van der Waals surface area contributed by atoms with Gasteiger partial charge in [-0.15, -0.1) is 11.3 Å². The Balaban J connectivity index is 1.62. The maximum atomic E-state index is 13.0. The third-order valence-electron chi connectivity index (χ3n) is 5.04. The maximum Gasteiger partial charge on any atom is 0.341 e. The number of hydrogen-bond donors (Lipinski definition) is 1. The molecule has 0 fully saturated rings. The molecule has 2 aromatic heterocycles. The highest BCUT2D eigenvalue weighted by Crippen LogP contribution is 2.37. The van der Waals surface area contributed by atoms with Gasteiger partial charge in [0.1, 0.15) is 33.7 Å². The largest absolute Gasteiger partial charge is 0.462 e. The fourth-order valence-corrected chi connectivity index (χ4v) is 4.66. The minimum atomic E-state index is -0.687. The van der Waals surface area contributed by atoms with E-state index in [0.717, 1.165) is 22.5 Å². The summed E-state index contributed by atoms with van der Waals surface area (Å²) >= 11 is 13.2. The zero-order chi connectivity index (χ0) is 25.7. The number of nitrogens with zero attached hydrogens (tertiary/aromatic N) is 1. The molecule has 4 aromatic rings. The number of carbonyl (C=O) groups is 2. The van der Waals surface area contributed by atoms with E-state index >= 15 is 0 Å². The molecule has 0 saturated heterocycles. The number of rotatable bonds is 7. The first-order valence-electron chi connectivity index (χ1n) is 10.7. The first-order chi connectivity index (χ1) is 17.4. The lowest BCUT2D eigenvalue weighted by Crippen LogP contribution is -2.16. The van der Waals surface area contributed by atoms with Crippen molar-refractivity contribution in [2.24, 2.45) is 0 Å². The predicted octanol–water partition coefficient (Wildman–Crippen LogP) is 7.70. The fourth-order valence-electron chi connectivity index (χ4n) is 3.39. The summed E-state index contributed by atoms with van der Waals surface area (Å²) in [6, 6.07) is 19.3. The molecule has 36 heavy (non-hydrogen) atoms. The number of ether oxygens (including phenoxy) is 1. The molecule has 0 saturated carbocycles. The van der Waals surface area contributed by atoms with Crippen molar-refractivity contribution in [3.8, 4) is 28.5 Å². The third kappa shape index (κ3) is 5.69. The van der Waals surface area contributed by atoms with Gasteiger partial charge in [0.05, 0.1) is 6.61 Å². The average molecular weight is 537 g/mol. The molecule has 9 heteroatoms. The molecular weight excluding hydrogens is 519 g/mol. The normalized spacial score (nSPS) is 11.1. The Hall–Kier alpha value is -3.83. The van der Waals surface area contributed by atoms with Gasteiger partial charge in [0.25, 0.3) is 5.91 Å². The third-order valence-corrected chi connectivity index (χ3v) is 6.42. The second-order valence-corrected chi connectivity index (χ2v) is 9.17. The second-order valence-electron chi connectivity index (χ2n) is 7.42. The summed E-state index contributed by atoms with van der Waals surface area (Å²) in [4.78, 5) is 25.7. The number of benzene rings is 2. The number of nitriles is 1. The smallest absolute Gasteiger partial charge is 0.341 e. The van der Waals surface area contributed by atoms with Crippen molar-refractivity contribution in [3.05, 3.63) is 93.0 Å². The molecule has 180 valence electrons. The Morgan fingerprint density at radius 3 is 2.56 bits per heavy atom. The molecule has 0 spiro atoms. The van der Waals surface area contributed by atoms with Crippen molar-refractivity contribution >= 4 is 57.5 Å². The first kappa shape index (κ1) is 25.3. The van der Waals surface area contributed by atoms with E-state index in [0.29, 0.717) is 27.1 Å². The summed E-state index contributed by atoms with van der Waals surface area (Å²) in [6.07, 6.45) is 1.33. The summed E-state index contributed by atoms with van der Waals surface area (Å²) < 4.78 is 11.0. The highest BCUT2D eigenvalue weighted by molar-refractivity contribution is 7.15. The molecule has 2 heterocycles. The maximum absolute atomic E-state index is 13.0. The molecule has 1 amide bonds. The standard InChI is InChI=1S/C27H18Cl2N2O4S/c1-2-34-27(33)24-22(16-6-8-19(28)9-7-16)15-36-26(24)31-25(32)18(14-30)13-21-10-11-23(35-21)17-4-3-5-20(29)12-17/h3-13,15H,2H2,1H3,(H,31,32). The Morgan fingerprint density at radius 1 is 1.08 bits per heavy atom. The van der Waals surface area contributed by atoms with Crippen molar-refractivity contribution < 1.29 is 18.7 Å². The van der Waals surface area contributed by atoms with E-state index in [1.165, 1.54) is 6.08 Å². The molecule has 0 aliphatic carbocycles. The van der Waals surface area contributed by atoms with Crippen molar-refractivity contribution in [2.45, 2.75) is 6.92 Å². The van der Waals surface area contributed by atoms with Crippen molar-refractivity contribution in [1.29, 1.82) is 5.26 Å². The van der Waals surface area contributed by atoms with E-state index in [9.17, 15) is 14.9 Å². The van der Waals surface area contributed by atoms with Gasteiger partial charge in [0.15, 0.2) is 0 Å². The number of hydrogen-bond acceptors (Lipinski definition) is 6. The van der Waals surface area contributed by atoms with Gasteiger partial charge in [-0.3, -0.25) is 4.79 Å². The highest BCUT2D eigenvalue weighted by atomic mass is 35.5. The number of esters is 1. The van der Waals surface area contributed by atoms with Crippen LogP contribution in [0.25, 0.3) is 28.5 Å². The second kappa shape index (κ2) is 11.3. The van der Waals surface area contributed by atoms with E-state index < -0.39 is 11.9 Å². The lowest BCUT2D eigenvalue weighted by atomic mass is 10.0. The molecule has 0 atom stereocenters. The van der Waals surface area contributed by atoms with Gasteiger partial charge < -0.3 is 14.5 Å². The number of furan rings is 1. The summed E-state index contributed by atoms with van der Waals surface area (Å²) in [5, 5.41) is 15.4. The van der Waals surface area contributed by atoms with Crippen LogP contribution in [0, 0.1) is 11.3 Å². The summed E-state index contributed by atoms with van der Waals surface area (Å²) in [5.74, 6) is -0.417. The lowest BCUT2D eigenvalue weighted by Gasteiger charge is -2.08. The molecule has 1 N–H and O–H groups in total. The van der Waals surface area contributed by atoms with Gasteiger partial charge in [-0.2, -0.15) is 5.26 Å². The van der Waals surface area contributed by atoms with Gasteiger partial charge >= 0.3 is 5.97 Å². The van der Waals surface area contributed by atoms with E-state index in [-0.39, 0.29) is 22.7 Å². The molecule has 2 aromatic carbocycles. The number of amides is 1. The molecule has 0 aliphatic rings. The van der Waals surface area contributed by atoms with Crippen molar-refractivity contribution in [3.63, 3.8) is 0 Å². The Labute approximate surface area is 221 Å². The average Bonchev–Trinajstić information content (AvgIpc) is 3.50. The Morgan fingerprint density at radius 2 is 1.86 bits per heavy atom. The molecule has 0 radical (unpaired) electrons. The summed E-state index contributed by atoms with van der Waals surface area (Å²) in [6.45, 7) is 1.86. The van der Waals surface area contributed by atoms with E-state index in [1.54, 1.807) is 66.9 Å². The van der Waals surface area contributed by atoms with Crippen LogP contribution in [0.1, 0.15) is 23.0 Å². The van der Waals surface area contributed by atoms with Crippen LogP contribution in [-0.4, -0.2) is 18.5 Å². The van der Waals surface area contributed by atoms with E-state index in [2.05, 4.69) is 5.32 Å². The van der Waals surface area contributed by atoms with Crippen LogP contribution >= 0.6 is 34.5 Å². The van der Waals surface area contributed by atoms with Crippen LogP contribution in [0.15, 0.2) is 76.0 Å². The monoisotopic (exact) mass is 536 g/mol. The van der Waals surface area contributed by atoms with Crippen molar-refractivity contribution in [1.82, 2.24) is 0 Å². The Bertz CT molecular complexity index is 1500. The minimum Gasteiger partial charge on any atom is -0.462 e. The van der Waals surface area contributed by atoms with Gasteiger partial charge in [0, 0.05) is 32.6 Å². The molecule has 6 nitrogen and oxygen atoms in total. The van der Waals surface area contributed by atoms with Crippen LogP contribution in [-0.2, 0) is 9.53 Å². The van der Waals surface area contributed by atoms with Crippen LogP contribution in [0.3, 0.4) is 0 Å². The zero-order valence-electron chi connectivity index (χ0n) is 18.9. The zero-order valence-corrected chi connectivity index (χ0v) is 21.2. The molecule has 4 rings (SSSR count). The molecule has 0 aliphatic heterocycles. The number of carbonyl (C=O) groups excluding carboxylic acids is 2. The van der Waals surface area contributed by atoms with Gasteiger partial charge in [-0.1, -0.05) is 47.5 Å². The quantitative estimate of drug-likeness (QED) is 0.148. The molecule has 0 bridgehead atoms. The minimum absolute atomic E-state index is 0.166. The summed E-state index contributed by atoms with van der Waals surface area (Å²) in [5.41, 5.74) is 2.09. The van der Waals surface area contributed by atoms with Gasteiger partial charge in [-0.25, -0.2) is 4.79 Å². The topological polar surface area (TPSA) is 92.3 Å². The van der Waals surface area contributed by atoms with E-state index in [1.807, 2.05) is 12.1 Å². The first-order valence-corrected chi connectivity index (χ1v) is 12.4. The fraction of sp³-hybridized carbons (Fsp3) is 0.0741. The van der Waals surface area contributed by atoms with Crippen molar-refractivity contribution in [2.75, 3.05) is 11.9 Å². The van der Waals surface area contributed by atoms with E-state index in [4.69, 9.17) is 32.4 Å². The van der Waals surface area contributed by atoms with Gasteiger partial charge in [0.2, 0.25) is 0 Å². The number of halogens is 2. The Kier molecular flexibility index (Phi) is 7.91. The van der Waals surface area contributed by atoms with Crippen LogP contribution in [0.2, 0.25) is 10.0 Å². The molecule has 0 unspecified atom stereocenters. The van der Waals surface area contributed by atoms with Crippen LogP contribution < -0.4 is 5.32 Å². The van der Waals surface area contributed by atoms with Crippen LogP contribution in [0.5, 0.6) is 0 Å². The molecular formula is C27H18Cl2N2O4S. The summed E-state index contributed by atoms with van der Waals surface area (Å²) in [7, 11) is 0.